The average Bonchev–Trinajstić information content (AvgIpc) is 2.47. The van der Waals surface area contributed by atoms with Crippen molar-refractivity contribution < 1.29 is 19.1 Å². The summed E-state index contributed by atoms with van der Waals surface area (Å²) in [6, 6.07) is 7.28. The molecule has 0 aliphatic carbocycles. The van der Waals surface area contributed by atoms with Gasteiger partial charge in [0.25, 0.3) is 5.91 Å². The first-order valence-electron chi connectivity index (χ1n) is 7.15. The Morgan fingerprint density at radius 1 is 1.19 bits per heavy atom. The van der Waals surface area contributed by atoms with Gasteiger partial charge in [-0.25, -0.2) is 0 Å². The number of ether oxygens (including phenoxy) is 2. The zero-order chi connectivity index (χ0) is 15.7. The molecule has 1 aromatic carbocycles. The molecule has 1 aromatic rings. The molecule has 0 bridgehead atoms. The Balaban J connectivity index is 2.92. The van der Waals surface area contributed by atoms with Crippen molar-refractivity contribution in [1.82, 2.24) is 4.90 Å². The zero-order valence-electron chi connectivity index (χ0n) is 12.9. The molecule has 0 spiro atoms. The van der Waals surface area contributed by atoms with E-state index in [-0.39, 0.29) is 18.4 Å². The number of hydrogen-bond acceptors (Lipinski definition) is 4. The molecule has 0 fully saturated rings. The predicted octanol–water partition coefficient (Wildman–Crippen LogP) is 2.25. The second kappa shape index (κ2) is 9.13. The molecule has 0 saturated carbocycles. The third kappa shape index (κ3) is 5.19. The number of rotatable bonds is 8. The number of hydrogen-bond donors (Lipinski definition) is 0. The summed E-state index contributed by atoms with van der Waals surface area (Å²) in [5.74, 6) is -0.555. The molecule has 0 N–H and O–H groups in total. The molecule has 5 heteroatoms. The van der Waals surface area contributed by atoms with Gasteiger partial charge in [0.05, 0.1) is 13.2 Å². The molecule has 21 heavy (non-hydrogen) atoms. The van der Waals surface area contributed by atoms with E-state index in [1.807, 2.05) is 19.1 Å². The van der Waals surface area contributed by atoms with Crippen molar-refractivity contribution in [2.24, 2.45) is 0 Å². The van der Waals surface area contributed by atoms with E-state index in [4.69, 9.17) is 9.47 Å². The number of amides is 1. The fraction of sp³-hybridized carbons (Fsp3) is 0.500. The van der Waals surface area contributed by atoms with Gasteiger partial charge in [0.2, 0.25) is 0 Å². The molecule has 5 nitrogen and oxygen atoms in total. The third-order valence-electron chi connectivity index (χ3n) is 2.95. The summed E-state index contributed by atoms with van der Waals surface area (Å²) in [5.41, 5.74) is 1.38. The molecule has 116 valence electrons. The maximum absolute atomic E-state index is 12.6. The molecule has 0 unspecified atom stereocenters. The van der Waals surface area contributed by atoms with Gasteiger partial charge in [-0.1, -0.05) is 25.1 Å². The van der Waals surface area contributed by atoms with E-state index in [0.717, 1.165) is 12.0 Å². The molecular formula is C16H23NO4. The molecule has 0 atom stereocenters. The largest absolute Gasteiger partial charge is 0.465 e. The van der Waals surface area contributed by atoms with Gasteiger partial charge in [0, 0.05) is 19.2 Å². The molecule has 1 amide bonds. The molecule has 0 aliphatic rings. The molecule has 1 rings (SSSR count). The first kappa shape index (κ1) is 17.2. The maximum atomic E-state index is 12.6. The molecule has 0 aromatic heterocycles. The van der Waals surface area contributed by atoms with E-state index in [1.54, 1.807) is 26.2 Å². The topological polar surface area (TPSA) is 55.8 Å². The van der Waals surface area contributed by atoms with Crippen LogP contribution in [0.25, 0.3) is 0 Å². The highest BCUT2D eigenvalue weighted by atomic mass is 16.5. The van der Waals surface area contributed by atoms with E-state index in [9.17, 15) is 9.59 Å². The molecule has 0 radical (unpaired) electrons. The summed E-state index contributed by atoms with van der Waals surface area (Å²) < 4.78 is 10.0. The molecule has 0 heterocycles. The minimum Gasteiger partial charge on any atom is -0.465 e. The van der Waals surface area contributed by atoms with Crippen LogP contribution >= 0.6 is 0 Å². The van der Waals surface area contributed by atoms with Crippen molar-refractivity contribution in [3.05, 3.63) is 35.4 Å². The van der Waals surface area contributed by atoms with E-state index < -0.39 is 0 Å². The fourth-order valence-corrected chi connectivity index (χ4v) is 2.07. The van der Waals surface area contributed by atoms with Crippen LogP contribution in [0.15, 0.2) is 24.3 Å². The van der Waals surface area contributed by atoms with Crippen molar-refractivity contribution in [2.75, 3.05) is 26.8 Å². The second-order valence-corrected chi connectivity index (χ2v) is 4.62. The summed E-state index contributed by atoms with van der Waals surface area (Å²) >= 11 is 0. The van der Waals surface area contributed by atoms with Gasteiger partial charge < -0.3 is 14.4 Å². The lowest BCUT2D eigenvalue weighted by Gasteiger charge is -2.22. The van der Waals surface area contributed by atoms with E-state index in [0.29, 0.717) is 25.3 Å². The van der Waals surface area contributed by atoms with Crippen LogP contribution in [0, 0.1) is 0 Å². The highest BCUT2D eigenvalue weighted by Crippen LogP contribution is 2.13. The lowest BCUT2D eigenvalue weighted by atomic mass is 10.1. The lowest BCUT2D eigenvalue weighted by molar-refractivity contribution is -0.143. The van der Waals surface area contributed by atoms with Gasteiger partial charge in [-0.3, -0.25) is 9.59 Å². The van der Waals surface area contributed by atoms with Gasteiger partial charge in [0.15, 0.2) is 0 Å². The molecular weight excluding hydrogens is 270 g/mol. The van der Waals surface area contributed by atoms with Gasteiger partial charge in [0.1, 0.15) is 6.54 Å². The van der Waals surface area contributed by atoms with Crippen molar-refractivity contribution >= 4 is 11.9 Å². The number of carbonyl (C=O) groups excluding carboxylic acids is 2. The summed E-state index contributed by atoms with van der Waals surface area (Å²) in [4.78, 5) is 25.8. The molecule has 0 aliphatic heterocycles. The number of nitrogens with zero attached hydrogens (tertiary/aromatic N) is 1. The minimum atomic E-state index is -0.386. The fourth-order valence-electron chi connectivity index (χ4n) is 2.07. The van der Waals surface area contributed by atoms with Gasteiger partial charge in [-0.05, 0) is 25.0 Å². The smallest absolute Gasteiger partial charge is 0.325 e. The van der Waals surface area contributed by atoms with Crippen LogP contribution in [-0.4, -0.2) is 43.6 Å². The summed E-state index contributed by atoms with van der Waals surface area (Å²) in [7, 11) is 1.59. The summed E-state index contributed by atoms with van der Waals surface area (Å²) in [5, 5.41) is 0. The van der Waals surface area contributed by atoms with Crippen LogP contribution in [-0.2, 0) is 20.9 Å². The second-order valence-electron chi connectivity index (χ2n) is 4.62. The Morgan fingerprint density at radius 2 is 1.90 bits per heavy atom. The Bertz CT molecular complexity index is 473. The monoisotopic (exact) mass is 293 g/mol. The predicted molar refractivity (Wildman–Crippen MR) is 80.0 cm³/mol. The quantitative estimate of drug-likeness (QED) is 0.690. The Hall–Kier alpha value is -1.88. The Morgan fingerprint density at radius 3 is 2.52 bits per heavy atom. The van der Waals surface area contributed by atoms with Crippen LogP contribution < -0.4 is 0 Å². The number of carbonyl (C=O) groups is 2. The zero-order valence-corrected chi connectivity index (χ0v) is 12.9. The standard InChI is InChI=1S/C16H23NO4/c1-4-10-17(11-15(18)21-5-2)16(19)14-9-7-6-8-13(14)12-20-3/h6-9H,4-5,10-12H2,1-3H3. The number of methoxy groups -OCH3 is 1. The number of esters is 1. The summed E-state index contributed by atoms with van der Waals surface area (Å²) in [6.45, 7) is 4.87. The van der Waals surface area contributed by atoms with Crippen molar-refractivity contribution in [3.63, 3.8) is 0 Å². The first-order chi connectivity index (χ1) is 10.1. The highest BCUT2D eigenvalue weighted by molar-refractivity contribution is 5.97. The molecule has 0 saturated heterocycles. The van der Waals surface area contributed by atoms with Crippen LogP contribution in [0.2, 0.25) is 0 Å². The first-order valence-corrected chi connectivity index (χ1v) is 7.15. The maximum Gasteiger partial charge on any atom is 0.325 e. The van der Waals surface area contributed by atoms with Crippen LogP contribution in [0.1, 0.15) is 36.2 Å². The lowest BCUT2D eigenvalue weighted by Crippen LogP contribution is -2.37. The minimum absolute atomic E-state index is 0.0260. The van der Waals surface area contributed by atoms with Crippen molar-refractivity contribution in [2.45, 2.75) is 26.9 Å². The van der Waals surface area contributed by atoms with Gasteiger partial charge in [-0.2, -0.15) is 0 Å². The van der Waals surface area contributed by atoms with Crippen LogP contribution in [0.4, 0.5) is 0 Å². The van der Waals surface area contributed by atoms with Gasteiger partial charge in [-0.15, -0.1) is 0 Å². The average molecular weight is 293 g/mol. The Kier molecular flexibility index (Phi) is 7.46. The van der Waals surface area contributed by atoms with E-state index in [2.05, 4.69) is 0 Å². The van der Waals surface area contributed by atoms with Crippen molar-refractivity contribution in [3.8, 4) is 0 Å². The van der Waals surface area contributed by atoms with Crippen LogP contribution in [0.5, 0.6) is 0 Å². The van der Waals surface area contributed by atoms with Crippen LogP contribution in [0.3, 0.4) is 0 Å². The number of benzene rings is 1. The summed E-state index contributed by atoms with van der Waals surface area (Å²) in [6.07, 6.45) is 0.775. The van der Waals surface area contributed by atoms with E-state index >= 15 is 0 Å². The third-order valence-corrected chi connectivity index (χ3v) is 2.95. The highest BCUT2D eigenvalue weighted by Gasteiger charge is 2.20. The normalized spacial score (nSPS) is 10.2. The van der Waals surface area contributed by atoms with Crippen molar-refractivity contribution in [1.29, 1.82) is 0 Å². The Labute approximate surface area is 125 Å². The SMILES string of the molecule is CCCN(CC(=O)OCC)C(=O)c1ccccc1COC. The van der Waals surface area contributed by atoms with Gasteiger partial charge >= 0.3 is 5.97 Å². The van der Waals surface area contributed by atoms with E-state index in [1.165, 1.54) is 4.90 Å².